The Bertz CT molecular complexity index is 389. The number of nitrogens with two attached hydrogens (primary N) is 1. The minimum Gasteiger partial charge on any atom is -0.383 e. The molecule has 0 saturated carbocycles. The highest BCUT2D eigenvalue weighted by Gasteiger charge is 2.20. The predicted molar refractivity (Wildman–Crippen MR) is 75.0 cm³/mol. The van der Waals surface area contributed by atoms with E-state index in [-0.39, 0.29) is 17.9 Å². The Hall–Kier alpha value is -0.490. The molecule has 1 aromatic rings. The molecule has 0 saturated heterocycles. The van der Waals surface area contributed by atoms with Gasteiger partial charge in [0.2, 0.25) is 0 Å². The summed E-state index contributed by atoms with van der Waals surface area (Å²) in [4.78, 5) is 2.14. The smallest absolute Gasteiger partial charge is 0.137 e. The Morgan fingerprint density at radius 1 is 1.50 bits per heavy atom. The molecular weight excluding hydrogens is 299 g/mol. The third-order valence-electron chi connectivity index (χ3n) is 3.15. The number of rotatable bonds is 6. The lowest BCUT2D eigenvalue weighted by Crippen LogP contribution is -2.39. The van der Waals surface area contributed by atoms with Crippen LogP contribution in [0.5, 0.6) is 0 Å². The fraction of sp³-hybridized carbons (Fsp3) is 0.538. The van der Waals surface area contributed by atoms with Crippen LogP contribution in [-0.2, 0) is 4.74 Å². The van der Waals surface area contributed by atoms with Crippen molar-refractivity contribution in [2.45, 2.75) is 19.0 Å². The lowest BCUT2D eigenvalue weighted by atomic mass is 10.0. The van der Waals surface area contributed by atoms with Crippen molar-refractivity contribution in [3.8, 4) is 0 Å². The highest BCUT2D eigenvalue weighted by Crippen LogP contribution is 2.25. The van der Waals surface area contributed by atoms with Gasteiger partial charge in [0.15, 0.2) is 0 Å². The summed E-state index contributed by atoms with van der Waals surface area (Å²) in [5.74, 6) is -0.262. The number of hydrogen-bond acceptors (Lipinski definition) is 3. The van der Waals surface area contributed by atoms with Gasteiger partial charge in [-0.15, -0.1) is 0 Å². The van der Waals surface area contributed by atoms with Crippen LogP contribution in [0.1, 0.15) is 18.5 Å². The van der Waals surface area contributed by atoms with E-state index in [9.17, 15) is 4.39 Å². The normalized spacial score (nSPS) is 14.8. The zero-order valence-electron chi connectivity index (χ0n) is 11.0. The predicted octanol–water partition coefficient (Wildman–Crippen LogP) is 2.55. The summed E-state index contributed by atoms with van der Waals surface area (Å²) in [6.07, 6.45) is 0. The monoisotopic (exact) mass is 318 g/mol. The number of hydrogen-bond donors (Lipinski definition) is 1. The van der Waals surface area contributed by atoms with Crippen molar-refractivity contribution in [2.75, 3.05) is 27.3 Å². The van der Waals surface area contributed by atoms with E-state index in [1.54, 1.807) is 19.2 Å². The van der Waals surface area contributed by atoms with Crippen LogP contribution in [0, 0.1) is 5.82 Å². The summed E-state index contributed by atoms with van der Waals surface area (Å²) in [6, 6.07) is 5.30. The number of benzene rings is 1. The van der Waals surface area contributed by atoms with E-state index in [1.807, 2.05) is 7.05 Å². The minimum absolute atomic E-state index is 0.0482. The fourth-order valence-electron chi connectivity index (χ4n) is 1.92. The van der Waals surface area contributed by atoms with E-state index in [4.69, 9.17) is 10.5 Å². The van der Waals surface area contributed by atoms with Crippen LogP contribution in [-0.4, -0.2) is 38.3 Å². The van der Waals surface area contributed by atoms with Crippen molar-refractivity contribution in [1.29, 1.82) is 0 Å². The van der Waals surface area contributed by atoms with Gasteiger partial charge in [-0.25, -0.2) is 4.39 Å². The number of halogens is 2. The second-order valence-electron chi connectivity index (χ2n) is 4.39. The Kier molecular flexibility index (Phi) is 6.21. The fourth-order valence-corrected chi connectivity index (χ4v) is 2.32. The van der Waals surface area contributed by atoms with E-state index in [1.165, 1.54) is 6.07 Å². The summed E-state index contributed by atoms with van der Waals surface area (Å²) in [5.41, 5.74) is 6.83. The standard InChI is InChI=1S/C13H20BrFN2O/c1-9(8-18-3)17(2)13(7-16)10-4-5-12(15)11(14)6-10/h4-6,9,13H,7-8,16H2,1-3H3. The first-order valence-electron chi connectivity index (χ1n) is 5.87. The number of nitrogens with zero attached hydrogens (tertiary/aromatic N) is 1. The summed E-state index contributed by atoms with van der Waals surface area (Å²) >= 11 is 3.20. The molecule has 0 amide bonds. The zero-order valence-corrected chi connectivity index (χ0v) is 12.6. The van der Waals surface area contributed by atoms with Crippen LogP contribution < -0.4 is 5.73 Å². The lowest BCUT2D eigenvalue weighted by molar-refractivity contribution is 0.0910. The summed E-state index contributed by atoms with van der Waals surface area (Å²) < 4.78 is 18.8. The third kappa shape index (κ3) is 3.75. The molecule has 0 aliphatic heterocycles. The minimum atomic E-state index is -0.262. The van der Waals surface area contributed by atoms with Gasteiger partial charge in [0.25, 0.3) is 0 Å². The van der Waals surface area contributed by atoms with E-state index < -0.39 is 0 Å². The maximum absolute atomic E-state index is 13.2. The van der Waals surface area contributed by atoms with Crippen LogP contribution >= 0.6 is 15.9 Å². The first-order chi connectivity index (χ1) is 8.51. The Morgan fingerprint density at radius 2 is 2.17 bits per heavy atom. The van der Waals surface area contributed by atoms with Gasteiger partial charge >= 0.3 is 0 Å². The molecule has 2 N–H and O–H groups in total. The molecule has 2 unspecified atom stereocenters. The molecule has 18 heavy (non-hydrogen) atoms. The maximum atomic E-state index is 13.2. The second-order valence-corrected chi connectivity index (χ2v) is 5.25. The highest BCUT2D eigenvalue weighted by atomic mass is 79.9. The second kappa shape index (κ2) is 7.19. The maximum Gasteiger partial charge on any atom is 0.137 e. The van der Waals surface area contributed by atoms with Crippen LogP contribution in [0.2, 0.25) is 0 Å². The van der Waals surface area contributed by atoms with Crippen molar-refractivity contribution in [3.63, 3.8) is 0 Å². The summed E-state index contributed by atoms with van der Waals surface area (Å²) in [7, 11) is 3.68. The molecule has 0 heterocycles. The van der Waals surface area contributed by atoms with E-state index in [0.717, 1.165) is 5.56 Å². The molecule has 0 radical (unpaired) electrons. The molecule has 0 aromatic heterocycles. The Labute approximate surface area is 116 Å². The SMILES string of the molecule is COCC(C)N(C)C(CN)c1ccc(F)c(Br)c1. The highest BCUT2D eigenvalue weighted by molar-refractivity contribution is 9.10. The van der Waals surface area contributed by atoms with Gasteiger partial charge in [-0.3, -0.25) is 4.90 Å². The molecule has 0 spiro atoms. The van der Waals surface area contributed by atoms with E-state index >= 15 is 0 Å². The number of methoxy groups -OCH3 is 1. The molecule has 102 valence electrons. The summed E-state index contributed by atoms with van der Waals surface area (Å²) in [5, 5.41) is 0. The van der Waals surface area contributed by atoms with Crippen molar-refractivity contribution in [2.24, 2.45) is 5.73 Å². The molecule has 0 aliphatic carbocycles. The quantitative estimate of drug-likeness (QED) is 0.876. The van der Waals surface area contributed by atoms with Crippen LogP contribution in [0.25, 0.3) is 0 Å². The van der Waals surface area contributed by atoms with Crippen molar-refractivity contribution >= 4 is 15.9 Å². The van der Waals surface area contributed by atoms with E-state index in [2.05, 4.69) is 27.8 Å². The molecule has 2 atom stereocenters. The van der Waals surface area contributed by atoms with Crippen LogP contribution in [0.3, 0.4) is 0 Å². The van der Waals surface area contributed by atoms with Crippen molar-refractivity contribution in [1.82, 2.24) is 4.90 Å². The Morgan fingerprint density at radius 3 is 2.67 bits per heavy atom. The number of ether oxygens (including phenoxy) is 1. The molecular formula is C13H20BrFN2O. The molecule has 3 nitrogen and oxygen atoms in total. The Balaban J connectivity index is 2.91. The molecule has 0 fully saturated rings. The van der Waals surface area contributed by atoms with Gasteiger partial charge < -0.3 is 10.5 Å². The molecule has 1 aromatic carbocycles. The molecule has 0 bridgehead atoms. The van der Waals surface area contributed by atoms with Gasteiger partial charge in [-0.05, 0) is 47.6 Å². The molecule has 5 heteroatoms. The lowest BCUT2D eigenvalue weighted by Gasteiger charge is -2.32. The first-order valence-corrected chi connectivity index (χ1v) is 6.66. The van der Waals surface area contributed by atoms with Gasteiger partial charge in [0, 0.05) is 25.7 Å². The zero-order chi connectivity index (χ0) is 13.7. The molecule has 0 aliphatic rings. The van der Waals surface area contributed by atoms with E-state index in [0.29, 0.717) is 17.6 Å². The van der Waals surface area contributed by atoms with Gasteiger partial charge in [-0.1, -0.05) is 6.07 Å². The average molecular weight is 319 g/mol. The average Bonchev–Trinajstić information content (AvgIpc) is 2.34. The first kappa shape index (κ1) is 15.6. The van der Waals surface area contributed by atoms with Gasteiger partial charge in [-0.2, -0.15) is 0 Å². The number of likely N-dealkylation sites (N-methyl/N-ethyl adjacent to an activating group) is 1. The van der Waals surface area contributed by atoms with Crippen LogP contribution in [0.4, 0.5) is 4.39 Å². The molecule has 1 rings (SSSR count). The summed E-state index contributed by atoms with van der Waals surface area (Å²) in [6.45, 7) is 3.18. The largest absolute Gasteiger partial charge is 0.383 e. The van der Waals surface area contributed by atoms with Gasteiger partial charge in [0.05, 0.1) is 11.1 Å². The third-order valence-corrected chi connectivity index (χ3v) is 3.75. The van der Waals surface area contributed by atoms with Crippen molar-refractivity contribution in [3.05, 3.63) is 34.1 Å². The van der Waals surface area contributed by atoms with Gasteiger partial charge in [0.1, 0.15) is 5.82 Å². The van der Waals surface area contributed by atoms with Crippen molar-refractivity contribution < 1.29 is 9.13 Å². The topological polar surface area (TPSA) is 38.5 Å². The van der Waals surface area contributed by atoms with Crippen LogP contribution in [0.15, 0.2) is 22.7 Å².